The third-order valence-corrected chi connectivity index (χ3v) is 6.44. The number of aliphatic hydroxyl groups excluding tert-OH is 1. The Morgan fingerprint density at radius 3 is 2.41 bits per heavy atom. The van der Waals surface area contributed by atoms with Crippen LogP contribution in [0.25, 0.3) is 0 Å². The number of hydrogen-bond donors (Lipinski definition) is 3. The Morgan fingerprint density at radius 2 is 1.73 bits per heavy atom. The number of halogens is 2. The first-order chi connectivity index (χ1) is 17.7. The van der Waals surface area contributed by atoms with Crippen molar-refractivity contribution in [3.8, 4) is 5.75 Å². The summed E-state index contributed by atoms with van der Waals surface area (Å²) in [6.07, 6.45) is -0.814. The van der Waals surface area contributed by atoms with E-state index in [1.807, 2.05) is 30.3 Å². The average Bonchev–Trinajstić information content (AvgIpc) is 3.31. The highest BCUT2D eigenvalue weighted by Gasteiger charge is 2.36. The Kier molecular flexibility index (Phi) is 8.31. The van der Waals surface area contributed by atoms with E-state index in [-0.39, 0.29) is 23.9 Å². The minimum Gasteiger partial charge on any atom is -0.489 e. The molecule has 1 aliphatic heterocycles. The standard InChI is InChI=1S/C29H30F2N2O4/c1-17-8-20(18(2)34)13-21(9-17)29(36)33-27(12-19-10-22(30)14-23(31)11-19)28(35)26-15-25(16-32-26)37-24-6-4-3-5-7-24/h3-11,13-14,25-28,32,35H,12,15-16H2,1-2H3,(H,33,36)/t25?,26-,27+,28-/m1/s1. The van der Waals surface area contributed by atoms with Gasteiger partial charge in [0, 0.05) is 36.2 Å². The molecule has 6 nitrogen and oxygen atoms in total. The molecule has 3 aromatic rings. The van der Waals surface area contributed by atoms with Crippen LogP contribution < -0.4 is 15.4 Å². The van der Waals surface area contributed by atoms with E-state index in [2.05, 4.69) is 10.6 Å². The molecule has 1 amide bonds. The number of nitrogens with one attached hydrogen (secondary N) is 2. The Hall–Kier alpha value is -3.62. The van der Waals surface area contributed by atoms with Crippen molar-refractivity contribution < 1.29 is 28.2 Å². The number of carbonyl (C=O) groups excluding carboxylic acids is 2. The third kappa shape index (κ3) is 6.99. The monoisotopic (exact) mass is 508 g/mol. The van der Waals surface area contributed by atoms with Gasteiger partial charge in [-0.15, -0.1) is 0 Å². The van der Waals surface area contributed by atoms with Crippen LogP contribution in [0.1, 0.15) is 45.2 Å². The maximum Gasteiger partial charge on any atom is 0.251 e. The lowest BCUT2D eigenvalue weighted by atomic mass is 9.94. The van der Waals surface area contributed by atoms with Crippen molar-refractivity contribution in [2.45, 2.75) is 51.0 Å². The van der Waals surface area contributed by atoms with E-state index in [0.717, 1.165) is 11.6 Å². The maximum atomic E-state index is 13.9. The summed E-state index contributed by atoms with van der Waals surface area (Å²) in [7, 11) is 0. The van der Waals surface area contributed by atoms with Crippen molar-refractivity contribution in [1.29, 1.82) is 0 Å². The van der Waals surface area contributed by atoms with Gasteiger partial charge in [-0.25, -0.2) is 8.78 Å². The molecule has 0 bridgehead atoms. The van der Waals surface area contributed by atoms with Crippen LogP contribution in [-0.4, -0.2) is 47.6 Å². The van der Waals surface area contributed by atoms with Crippen LogP contribution in [0.5, 0.6) is 5.75 Å². The Morgan fingerprint density at radius 1 is 1.05 bits per heavy atom. The second-order valence-corrected chi connectivity index (χ2v) is 9.50. The number of aryl methyl sites for hydroxylation is 1. The van der Waals surface area contributed by atoms with E-state index in [1.54, 1.807) is 19.1 Å². The van der Waals surface area contributed by atoms with Gasteiger partial charge in [-0.3, -0.25) is 9.59 Å². The van der Waals surface area contributed by atoms with E-state index in [4.69, 9.17) is 4.74 Å². The van der Waals surface area contributed by atoms with Crippen LogP contribution in [-0.2, 0) is 6.42 Å². The van der Waals surface area contributed by atoms with E-state index in [1.165, 1.54) is 25.1 Å². The molecule has 0 aliphatic carbocycles. The highest BCUT2D eigenvalue weighted by molar-refractivity contribution is 6.00. The normalized spacial score (nSPS) is 18.7. The quantitative estimate of drug-likeness (QED) is 0.381. The molecule has 4 rings (SSSR count). The van der Waals surface area contributed by atoms with Gasteiger partial charge in [0.25, 0.3) is 5.91 Å². The van der Waals surface area contributed by atoms with E-state index in [0.29, 0.717) is 29.8 Å². The van der Waals surface area contributed by atoms with Gasteiger partial charge in [-0.2, -0.15) is 0 Å². The second kappa shape index (κ2) is 11.6. The summed E-state index contributed by atoms with van der Waals surface area (Å²) in [6.45, 7) is 3.69. The summed E-state index contributed by atoms with van der Waals surface area (Å²) in [5.74, 6) is -1.44. The fraction of sp³-hybridized carbons (Fsp3) is 0.310. The van der Waals surface area contributed by atoms with E-state index >= 15 is 0 Å². The van der Waals surface area contributed by atoms with Gasteiger partial charge in [0.15, 0.2) is 5.78 Å². The van der Waals surface area contributed by atoms with Crippen molar-refractivity contribution >= 4 is 11.7 Å². The molecule has 3 N–H and O–H groups in total. The molecule has 1 aliphatic rings. The summed E-state index contributed by atoms with van der Waals surface area (Å²) in [5.41, 5.74) is 1.69. The fourth-order valence-electron chi connectivity index (χ4n) is 4.66. The first-order valence-electron chi connectivity index (χ1n) is 12.2. The molecule has 1 unspecified atom stereocenters. The molecule has 3 aromatic carbocycles. The van der Waals surface area contributed by atoms with Crippen molar-refractivity contribution in [3.05, 3.63) is 101 Å². The number of ketones is 1. The number of ether oxygens (including phenoxy) is 1. The molecular weight excluding hydrogens is 478 g/mol. The smallest absolute Gasteiger partial charge is 0.251 e. The van der Waals surface area contributed by atoms with Crippen LogP contribution in [0.4, 0.5) is 8.78 Å². The first kappa shape index (κ1) is 26.4. The van der Waals surface area contributed by atoms with Crippen molar-refractivity contribution in [2.75, 3.05) is 6.54 Å². The first-order valence-corrected chi connectivity index (χ1v) is 12.2. The zero-order valence-corrected chi connectivity index (χ0v) is 20.7. The number of rotatable bonds is 9. The lowest BCUT2D eigenvalue weighted by Crippen LogP contribution is -2.52. The van der Waals surface area contributed by atoms with Crippen LogP contribution in [0.15, 0.2) is 66.7 Å². The van der Waals surface area contributed by atoms with E-state index < -0.39 is 35.7 Å². The number of hydrogen-bond acceptors (Lipinski definition) is 5. The molecular formula is C29H30F2N2O4. The molecule has 1 fully saturated rings. The summed E-state index contributed by atoms with van der Waals surface area (Å²) in [5, 5.41) is 17.4. The second-order valence-electron chi connectivity index (χ2n) is 9.50. The maximum absolute atomic E-state index is 13.9. The van der Waals surface area contributed by atoms with Crippen molar-refractivity contribution in [2.24, 2.45) is 0 Å². The van der Waals surface area contributed by atoms with Gasteiger partial charge in [0.05, 0.1) is 12.1 Å². The third-order valence-electron chi connectivity index (χ3n) is 6.44. The Balaban J connectivity index is 1.54. The SMILES string of the molecule is CC(=O)c1cc(C)cc(C(=O)N[C@@H](Cc2cc(F)cc(F)c2)[C@H](O)[C@H]2CC(Oc3ccccc3)CN2)c1. The summed E-state index contributed by atoms with van der Waals surface area (Å²) in [6, 6.07) is 16.0. The highest BCUT2D eigenvalue weighted by atomic mass is 19.1. The lowest BCUT2D eigenvalue weighted by Gasteiger charge is -2.29. The molecule has 0 saturated carbocycles. The number of aliphatic hydroxyl groups is 1. The number of para-hydroxylation sites is 1. The van der Waals surface area contributed by atoms with Crippen LogP contribution in [0.3, 0.4) is 0 Å². The molecule has 194 valence electrons. The van der Waals surface area contributed by atoms with E-state index in [9.17, 15) is 23.5 Å². The van der Waals surface area contributed by atoms with Crippen molar-refractivity contribution in [3.63, 3.8) is 0 Å². The lowest BCUT2D eigenvalue weighted by molar-refractivity contribution is 0.0720. The molecule has 0 spiro atoms. The fourth-order valence-corrected chi connectivity index (χ4v) is 4.66. The zero-order valence-electron chi connectivity index (χ0n) is 20.7. The summed E-state index contributed by atoms with van der Waals surface area (Å²) < 4.78 is 33.8. The number of benzene rings is 3. The van der Waals surface area contributed by atoms with Crippen LogP contribution >= 0.6 is 0 Å². The van der Waals surface area contributed by atoms with Crippen molar-refractivity contribution in [1.82, 2.24) is 10.6 Å². The van der Waals surface area contributed by atoms with Gasteiger partial charge in [-0.05, 0) is 73.9 Å². The van der Waals surface area contributed by atoms with Gasteiger partial charge in [-0.1, -0.05) is 18.2 Å². The topological polar surface area (TPSA) is 87.7 Å². The minimum absolute atomic E-state index is 0.00461. The number of amides is 1. The van der Waals surface area contributed by atoms with Crippen LogP contribution in [0.2, 0.25) is 0 Å². The minimum atomic E-state index is -1.09. The molecule has 37 heavy (non-hydrogen) atoms. The van der Waals surface area contributed by atoms with Gasteiger partial charge >= 0.3 is 0 Å². The average molecular weight is 509 g/mol. The summed E-state index contributed by atoms with van der Waals surface area (Å²) in [4.78, 5) is 25.1. The zero-order chi connectivity index (χ0) is 26.5. The molecule has 0 radical (unpaired) electrons. The highest BCUT2D eigenvalue weighted by Crippen LogP contribution is 2.22. The number of Topliss-reactive ketones (excluding diaryl/α,β-unsaturated/α-hetero) is 1. The molecule has 1 heterocycles. The number of carbonyl (C=O) groups is 2. The Bertz CT molecular complexity index is 1250. The predicted octanol–water partition coefficient (Wildman–Crippen LogP) is 3.99. The molecule has 4 atom stereocenters. The predicted molar refractivity (Wildman–Crippen MR) is 136 cm³/mol. The molecule has 8 heteroatoms. The van der Waals surface area contributed by atoms with Crippen LogP contribution in [0, 0.1) is 18.6 Å². The summed E-state index contributed by atoms with van der Waals surface area (Å²) >= 11 is 0. The van der Waals surface area contributed by atoms with Gasteiger partial charge in [0.2, 0.25) is 0 Å². The molecule has 0 aromatic heterocycles. The van der Waals surface area contributed by atoms with Gasteiger partial charge in [0.1, 0.15) is 23.5 Å². The van der Waals surface area contributed by atoms with Gasteiger partial charge < -0.3 is 20.5 Å². The molecule has 1 saturated heterocycles. The largest absolute Gasteiger partial charge is 0.489 e. The Labute approximate surface area is 214 Å².